The van der Waals surface area contributed by atoms with Crippen molar-refractivity contribution in [2.24, 2.45) is 0 Å². The van der Waals surface area contributed by atoms with Crippen LogP contribution < -0.4 is 10.6 Å². The second-order valence-electron chi connectivity index (χ2n) is 6.86. The first-order chi connectivity index (χ1) is 13.1. The van der Waals surface area contributed by atoms with Gasteiger partial charge in [0.2, 0.25) is 5.91 Å². The fraction of sp³-hybridized carbons (Fsp3) is 0.474. The van der Waals surface area contributed by atoms with Crippen molar-refractivity contribution < 1.29 is 33.4 Å². The third-order valence-electron chi connectivity index (χ3n) is 3.31. The van der Waals surface area contributed by atoms with Crippen LogP contribution in [0.5, 0.6) is 0 Å². The van der Waals surface area contributed by atoms with Crippen molar-refractivity contribution in [3.63, 3.8) is 0 Å². The molecule has 0 aliphatic rings. The number of carbonyl (C=O) groups excluding carboxylic acids is 4. The van der Waals surface area contributed by atoms with Crippen LogP contribution in [0, 0.1) is 0 Å². The summed E-state index contributed by atoms with van der Waals surface area (Å²) in [7, 11) is 2.42. The number of rotatable bonds is 7. The third-order valence-corrected chi connectivity index (χ3v) is 3.31. The lowest BCUT2D eigenvalue weighted by molar-refractivity contribution is -0.116. The van der Waals surface area contributed by atoms with Gasteiger partial charge in [0.15, 0.2) is 0 Å². The normalized spacial score (nSPS) is 10.6. The van der Waals surface area contributed by atoms with Crippen molar-refractivity contribution in [3.8, 4) is 0 Å². The van der Waals surface area contributed by atoms with Gasteiger partial charge < -0.3 is 24.8 Å². The number of methoxy groups -OCH3 is 2. The van der Waals surface area contributed by atoms with E-state index < -0.39 is 23.6 Å². The van der Waals surface area contributed by atoms with Gasteiger partial charge in [0.25, 0.3) is 0 Å². The van der Waals surface area contributed by atoms with E-state index in [9.17, 15) is 19.2 Å². The highest BCUT2D eigenvalue weighted by molar-refractivity contribution is 5.99. The second-order valence-corrected chi connectivity index (χ2v) is 6.86. The Labute approximate surface area is 163 Å². The number of benzene rings is 1. The molecule has 0 radical (unpaired) electrons. The number of hydrogen-bond acceptors (Lipinski definition) is 7. The minimum atomic E-state index is -0.650. The largest absolute Gasteiger partial charge is 0.465 e. The van der Waals surface area contributed by atoms with Crippen LogP contribution in [-0.4, -0.2) is 50.3 Å². The monoisotopic (exact) mass is 394 g/mol. The van der Waals surface area contributed by atoms with Crippen LogP contribution in [0.2, 0.25) is 0 Å². The molecule has 0 aromatic heterocycles. The van der Waals surface area contributed by atoms with Gasteiger partial charge in [-0.15, -0.1) is 0 Å². The molecule has 9 heteroatoms. The van der Waals surface area contributed by atoms with Gasteiger partial charge >= 0.3 is 18.0 Å². The van der Waals surface area contributed by atoms with E-state index in [0.29, 0.717) is 6.42 Å². The fourth-order valence-electron chi connectivity index (χ4n) is 2.15. The molecule has 1 rings (SSSR count). The Balaban J connectivity index is 2.64. The molecule has 0 saturated heterocycles. The number of ether oxygens (including phenoxy) is 3. The first kappa shape index (κ1) is 22.9. The molecular formula is C19H26N2O7. The van der Waals surface area contributed by atoms with Gasteiger partial charge in [-0.05, 0) is 45.4 Å². The lowest BCUT2D eigenvalue weighted by Crippen LogP contribution is -2.33. The molecule has 0 spiro atoms. The molecule has 154 valence electrons. The van der Waals surface area contributed by atoms with Crippen molar-refractivity contribution in [2.75, 3.05) is 26.1 Å². The predicted octanol–water partition coefficient (Wildman–Crippen LogP) is 2.50. The van der Waals surface area contributed by atoms with E-state index in [4.69, 9.17) is 4.74 Å². The molecule has 0 unspecified atom stereocenters. The number of amides is 2. The standard InChI is InChI=1S/C19H26N2O7/c1-19(2,3)28-18(25)20-8-6-7-15(22)21-14-10-12(16(23)26-4)9-13(11-14)17(24)27-5/h9-11H,6-8H2,1-5H3,(H,20,25)(H,21,22). The maximum Gasteiger partial charge on any atom is 0.407 e. The molecule has 2 amide bonds. The Bertz CT molecular complexity index is 704. The zero-order valence-corrected chi connectivity index (χ0v) is 16.7. The summed E-state index contributed by atoms with van der Waals surface area (Å²) in [6, 6.07) is 4.11. The Hall–Kier alpha value is -3.10. The van der Waals surface area contributed by atoms with E-state index >= 15 is 0 Å². The van der Waals surface area contributed by atoms with Crippen LogP contribution in [0.15, 0.2) is 18.2 Å². The first-order valence-electron chi connectivity index (χ1n) is 8.64. The number of nitrogens with one attached hydrogen (secondary N) is 2. The predicted molar refractivity (Wildman–Crippen MR) is 101 cm³/mol. The van der Waals surface area contributed by atoms with Crippen LogP contribution >= 0.6 is 0 Å². The van der Waals surface area contributed by atoms with Crippen molar-refractivity contribution in [2.45, 2.75) is 39.2 Å². The summed E-state index contributed by atoms with van der Waals surface area (Å²) >= 11 is 0. The number of alkyl carbamates (subject to hydrolysis) is 1. The molecule has 0 heterocycles. The zero-order valence-electron chi connectivity index (χ0n) is 16.7. The van der Waals surface area contributed by atoms with Crippen LogP contribution in [-0.2, 0) is 19.0 Å². The molecular weight excluding hydrogens is 368 g/mol. The van der Waals surface area contributed by atoms with Crippen LogP contribution in [0.1, 0.15) is 54.3 Å². The summed E-state index contributed by atoms with van der Waals surface area (Å²) in [5, 5.41) is 5.17. The molecule has 1 aromatic carbocycles. The summed E-state index contributed by atoms with van der Waals surface area (Å²) in [6.45, 7) is 5.53. The van der Waals surface area contributed by atoms with Crippen LogP contribution in [0.25, 0.3) is 0 Å². The molecule has 0 aliphatic carbocycles. The Kier molecular flexibility index (Phi) is 8.43. The Morgan fingerprint density at radius 1 is 0.929 bits per heavy atom. The van der Waals surface area contributed by atoms with E-state index in [0.717, 1.165) is 0 Å². The smallest absolute Gasteiger partial charge is 0.407 e. The molecule has 2 N–H and O–H groups in total. The van der Waals surface area contributed by atoms with Crippen LogP contribution in [0.4, 0.5) is 10.5 Å². The molecule has 1 aromatic rings. The van der Waals surface area contributed by atoms with E-state index in [1.807, 2.05) is 0 Å². The van der Waals surface area contributed by atoms with Gasteiger partial charge in [0, 0.05) is 18.7 Å². The molecule has 28 heavy (non-hydrogen) atoms. The maximum atomic E-state index is 12.1. The minimum absolute atomic E-state index is 0.104. The molecule has 9 nitrogen and oxygen atoms in total. The second kappa shape index (κ2) is 10.3. The topological polar surface area (TPSA) is 120 Å². The maximum absolute atomic E-state index is 12.1. The lowest BCUT2D eigenvalue weighted by Gasteiger charge is -2.19. The molecule has 0 atom stereocenters. The molecule has 0 aliphatic heterocycles. The fourth-order valence-corrected chi connectivity index (χ4v) is 2.15. The minimum Gasteiger partial charge on any atom is -0.465 e. The summed E-state index contributed by atoms with van der Waals surface area (Å²) in [6.07, 6.45) is -0.0568. The molecule has 0 saturated carbocycles. The Morgan fingerprint density at radius 2 is 1.46 bits per heavy atom. The highest BCUT2D eigenvalue weighted by atomic mass is 16.6. The summed E-state index contributed by atoms with van der Waals surface area (Å²) in [5.74, 6) is -1.64. The number of esters is 2. The van der Waals surface area contributed by atoms with Crippen LogP contribution in [0.3, 0.4) is 0 Å². The van der Waals surface area contributed by atoms with Crippen molar-refractivity contribution >= 4 is 29.6 Å². The molecule has 0 bridgehead atoms. The van der Waals surface area contributed by atoms with Gasteiger partial charge in [-0.25, -0.2) is 14.4 Å². The average Bonchev–Trinajstić information content (AvgIpc) is 2.62. The quantitative estimate of drug-likeness (QED) is 0.414. The summed E-state index contributed by atoms with van der Waals surface area (Å²) in [4.78, 5) is 47.1. The zero-order chi connectivity index (χ0) is 21.3. The average molecular weight is 394 g/mol. The first-order valence-corrected chi connectivity index (χ1v) is 8.64. The van der Waals surface area contributed by atoms with E-state index in [1.54, 1.807) is 20.8 Å². The van der Waals surface area contributed by atoms with Crippen molar-refractivity contribution in [3.05, 3.63) is 29.3 Å². The van der Waals surface area contributed by atoms with E-state index in [2.05, 4.69) is 20.1 Å². The highest BCUT2D eigenvalue weighted by Crippen LogP contribution is 2.17. The summed E-state index contributed by atoms with van der Waals surface area (Å²) in [5.41, 5.74) is -0.128. The van der Waals surface area contributed by atoms with E-state index in [1.165, 1.54) is 32.4 Å². The Morgan fingerprint density at radius 3 is 1.93 bits per heavy atom. The van der Waals surface area contributed by atoms with Gasteiger partial charge in [0.1, 0.15) is 5.60 Å². The van der Waals surface area contributed by atoms with Gasteiger partial charge in [-0.2, -0.15) is 0 Å². The number of hydrogen-bond donors (Lipinski definition) is 2. The van der Waals surface area contributed by atoms with Gasteiger partial charge in [-0.1, -0.05) is 0 Å². The number of carbonyl (C=O) groups is 4. The summed E-state index contributed by atoms with van der Waals surface area (Å²) < 4.78 is 14.4. The SMILES string of the molecule is COC(=O)c1cc(NC(=O)CCCNC(=O)OC(C)(C)C)cc(C(=O)OC)c1. The molecule has 0 fully saturated rings. The lowest BCUT2D eigenvalue weighted by atomic mass is 10.1. The van der Waals surface area contributed by atoms with E-state index in [-0.39, 0.29) is 35.7 Å². The van der Waals surface area contributed by atoms with Crippen molar-refractivity contribution in [1.82, 2.24) is 5.32 Å². The third kappa shape index (κ3) is 8.07. The van der Waals surface area contributed by atoms with Gasteiger partial charge in [-0.3, -0.25) is 4.79 Å². The number of anilines is 1. The highest BCUT2D eigenvalue weighted by Gasteiger charge is 2.16. The van der Waals surface area contributed by atoms with Gasteiger partial charge in [0.05, 0.1) is 25.3 Å². The van der Waals surface area contributed by atoms with Crippen molar-refractivity contribution in [1.29, 1.82) is 0 Å².